The van der Waals surface area contributed by atoms with E-state index in [4.69, 9.17) is 0 Å². The van der Waals surface area contributed by atoms with E-state index in [0.717, 1.165) is 11.1 Å². The summed E-state index contributed by atoms with van der Waals surface area (Å²) in [5, 5.41) is 0. The Morgan fingerprint density at radius 2 is 1.52 bits per heavy atom. The summed E-state index contributed by atoms with van der Waals surface area (Å²) in [6.07, 6.45) is 2.47. The molecule has 0 fully saturated rings. The third-order valence-corrected chi connectivity index (χ3v) is 5.36. The number of hydrogen-bond acceptors (Lipinski definition) is 0. The molecule has 0 radical (unpaired) electrons. The topological polar surface area (TPSA) is 0 Å². The summed E-state index contributed by atoms with van der Waals surface area (Å²) in [4.78, 5) is 0. The van der Waals surface area contributed by atoms with E-state index in [1.807, 2.05) is 0 Å². The van der Waals surface area contributed by atoms with Gasteiger partial charge in [-0.1, -0.05) is 88.4 Å². The van der Waals surface area contributed by atoms with Gasteiger partial charge >= 0.3 is 0 Å². The molecule has 0 aliphatic carbocycles. The molecule has 0 aliphatic rings. The molecule has 0 heteroatoms. The van der Waals surface area contributed by atoms with Gasteiger partial charge < -0.3 is 0 Å². The number of hydrogen-bond donors (Lipinski definition) is 0. The van der Waals surface area contributed by atoms with Crippen LogP contribution in [0.2, 0.25) is 0 Å². The van der Waals surface area contributed by atoms with E-state index in [1.165, 1.54) is 40.7 Å². The van der Waals surface area contributed by atoms with Gasteiger partial charge in [0.1, 0.15) is 0 Å². The van der Waals surface area contributed by atoms with Crippen molar-refractivity contribution >= 4 is 5.57 Å². The monoisotopic (exact) mass is 332 g/mol. The fourth-order valence-corrected chi connectivity index (χ4v) is 3.41. The van der Waals surface area contributed by atoms with Crippen LogP contribution in [0.3, 0.4) is 0 Å². The Kier molecular flexibility index (Phi) is 6.42. The fraction of sp³-hybridized carbons (Fsp3) is 0.360. The average Bonchev–Trinajstić information content (AvgIpc) is 2.62. The highest BCUT2D eigenvalue weighted by molar-refractivity contribution is 5.80. The van der Waals surface area contributed by atoms with Gasteiger partial charge in [0.15, 0.2) is 0 Å². The van der Waals surface area contributed by atoms with Crippen LogP contribution in [0, 0.1) is 13.8 Å². The second kappa shape index (κ2) is 8.34. The highest BCUT2D eigenvalue weighted by atomic mass is 14.2. The smallest absolute Gasteiger partial charge is 0.00610 e. The number of allylic oxidation sites excluding steroid dienone is 2. The molecule has 0 bridgehead atoms. The molecule has 0 heterocycles. The lowest BCUT2D eigenvalue weighted by Gasteiger charge is -2.20. The molecule has 0 aliphatic heterocycles. The summed E-state index contributed by atoms with van der Waals surface area (Å²) in [5.41, 5.74) is 8.62. The Hall–Kier alpha value is -2.08. The molecule has 2 aromatic rings. The molecular weight excluding hydrogens is 300 g/mol. The Morgan fingerprint density at radius 3 is 2.12 bits per heavy atom. The van der Waals surface area contributed by atoms with Crippen LogP contribution in [0.5, 0.6) is 0 Å². The molecule has 2 aromatic carbocycles. The van der Waals surface area contributed by atoms with Crippen LogP contribution in [0.1, 0.15) is 73.3 Å². The van der Waals surface area contributed by atoms with E-state index < -0.39 is 0 Å². The van der Waals surface area contributed by atoms with Gasteiger partial charge in [0.2, 0.25) is 0 Å². The molecule has 0 N–H and O–H groups in total. The molecule has 1 unspecified atom stereocenters. The van der Waals surface area contributed by atoms with E-state index in [-0.39, 0.29) is 5.92 Å². The Labute approximate surface area is 154 Å². The van der Waals surface area contributed by atoms with Crippen LogP contribution in [-0.4, -0.2) is 0 Å². The number of benzene rings is 2. The molecular formula is C25H32. The largest absolute Gasteiger partial charge is 0.0946 e. The lowest BCUT2D eigenvalue weighted by atomic mass is 9.84. The maximum atomic E-state index is 4.37. The van der Waals surface area contributed by atoms with E-state index in [9.17, 15) is 0 Å². The first-order valence-corrected chi connectivity index (χ1v) is 9.40. The van der Waals surface area contributed by atoms with Crippen molar-refractivity contribution < 1.29 is 0 Å². The molecule has 0 nitrogen and oxygen atoms in total. The highest BCUT2D eigenvalue weighted by Gasteiger charge is 2.15. The van der Waals surface area contributed by atoms with Crippen molar-refractivity contribution in [2.45, 2.75) is 59.3 Å². The maximum absolute atomic E-state index is 4.37. The SMILES string of the molecule is C=C(C(=C)[C@@H](C)c1ccc(C(C)CCC)cc1)c1cc(C)ccc1C. The minimum absolute atomic E-state index is 0.267. The zero-order valence-corrected chi connectivity index (χ0v) is 16.5. The minimum Gasteiger partial charge on any atom is -0.0946 e. The van der Waals surface area contributed by atoms with Crippen LogP contribution < -0.4 is 0 Å². The third kappa shape index (κ3) is 4.51. The highest BCUT2D eigenvalue weighted by Crippen LogP contribution is 2.34. The molecule has 132 valence electrons. The predicted octanol–water partition coefficient (Wildman–Crippen LogP) is 7.58. The van der Waals surface area contributed by atoms with Crippen LogP contribution in [0.4, 0.5) is 0 Å². The zero-order valence-electron chi connectivity index (χ0n) is 16.5. The van der Waals surface area contributed by atoms with Gasteiger partial charge in [-0.3, -0.25) is 0 Å². The molecule has 25 heavy (non-hydrogen) atoms. The van der Waals surface area contributed by atoms with Gasteiger partial charge in [0.25, 0.3) is 0 Å². The first-order valence-electron chi connectivity index (χ1n) is 9.40. The summed E-state index contributed by atoms with van der Waals surface area (Å²) in [5.74, 6) is 0.894. The summed E-state index contributed by atoms with van der Waals surface area (Å²) in [6, 6.07) is 15.6. The van der Waals surface area contributed by atoms with Crippen molar-refractivity contribution in [3.63, 3.8) is 0 Å². The van der Waals surface area contributed by atoms with Crippen molar-refractivity contribution in [2.24, 2.45) is 0 Å². The van der Waals surface area contributed by atoms with Crippen molar-refractivity contribution in [1.82, 2.24) is 0 Å². The molecule has 0 saturated heterocycles. The minimum atomic E-state index is 0.267. The Balaban J connectivity index is 2.19. The normalized spacial score (nSPS) is 13.3. The van der Waals surface area contributed by atoms with E-state index in [1.54, 1.807) is 0 Å². The number of aryl methyl sites for hydroxylation is 2. The van der Waals surface area contributed by atoms with Crippen molar-refractivity contribution in [2.75, 3.05) is 0 Å². The lowest BCUT2D eigenvalue weighted by molar-refractivity contribution is 0.664. The van der Waals surface area contributed by atoms with Crippen LogP contribution in [0.15, 0.2) is 61.2 Å². The fourth-order valence-electron chi connectivity index (χ4n) is 3.41. The summed E-state index contributed by atoms with van der Waals surface area (Å²) < 4.78 is 0. The average molecular weight is 333 g/mol. The van der Waals surface area contributed by atoms with E-state index >= 15 is 0 Å². The van der Waals surface area contributed by atoms with E-state index in [0.29, 0.717) is 5.92 Å². The van der Waals surface area contributed by atoms with Crippen molar-refractivity contribution in [3.8, 4) is 0 Å². The quantitative estimate of drug-likeness (QED) is 0.458. The first-order chi connectivity index (χ1) is 11.8. The molecule has 0 amide bonds. The molecule has 0 saturated carbocycles. The Bertz CT molecular complexity index is 746. The number of rotatable bonds is 7. The zero-order chi connectivity index (χ0) is 18.6. The second-order valence-electron chi connectivity index (χ2n) is 7.40. The van der Waals surface area contributed by atoms with Gasteiger partial charge in [-0.15, -0.1) is 0 Å². The maximum Gasteiger partial charge on any atom is 0.00610 e. The standard InChI is InChI=1S/C25H32/c1-8-9-18(3)23-12-14-24(15-13-23)21(6)20(5)22(7)25-16-17(2)10-11-19(25)4/h10-16,18,21H,5,7-9H2,1-4,6H3/t18?,21-/m1/s1. The second-order valence-corrected chi connectivity index (χ2v) is 7.40. The van der Waals surface area contributed by atoms with Crippen LogP contribution in [0.25, 0.3) is 5.57 Å². The lowest BCUT2D eigenvalue weighted by Crippen LogP contribution is -2.02. The van der Waals surface area contributed by atoms with Crippen LogP contribution >= 0.6 is 0 Å². The van der Waals surface area contributed by atoms with Crippen LogP contribution in [-0.2, 0) is 0 Å². The van der Waals surface area contributed by atoms with Gasteiger partial charge in [-0.05, 0) is 59.6 Å². The van der Waals surface area contributed by atoms with Gasteiger partial charge in [-0.25, -0.2) is 0 Å². The first kappa shape index (κ1) is 19.2. The summed E-state index contributed by atoms with van der Waals surface area (Å²) >= 11 is 0. The molecule has 2 atom stereocenters. The van der Waals surface area contributed by atoms with Crippen molar-refractivity contribution in [1.29, 1.82) is 0 Å². The third-order valence-electron chi connectivity index (χ3n) is 5.36. The van der Waals surface area contributed by atoms with Gasteiger partial charge in [0.05, 0.1) is 0 Å². The molecule has 0 spiro atoms. The van der Waals surface area contributed by atoms with Gasteiger partial charge in [0, 0.05) is 5.92 Å². The predicted molar refractivity (Wildman–Crippen MR) is 112 cm³/mol. The summed E-state index contributed by atoms with van der Waals surface area (Å²) in [7, 11) is 0. The molecule has 0 aromatic heterocycles. The summed E-state index contributed by atoms with van der Waals surface area (Å²) in [6.45, 7) is 19.8. The van der Waals surface area contributed by atoms with E-state index in [2.05, 4.69) is 90.2 Å². The Morgan fingerprint density at radius 1 is 0.920 bits per heavy atom. The van der Waals surface area contributed by atoms with Crippen molar-refractivity contribution in [3.05, 3.63) is 89.0 Å². The molecule has 2 rings (SSSR count). The van der Waals surface area contributed by atoms with Gasteiger partial charge in [-0.2, -0.15) is 0 Å².